The van der Waals surface area contributed by atoms with Crippen LogP contribution in [0.4, 0.5) is 5.69 Å². The fraction of sp³-hybridized carbons (Fsp3) is 0.333. The number of anilines is 1. The first kappa shape index (κ1) is 18.9. The molecule has 6 nitrogen and oxygen atoms in total. The van der Waals surface area contributed by atoms with E-state index < -0.39 is 12.0 Å². The van der Waals surface area contributed by atoms with E-state index in [2.05, 4.69) is 18.7 Å². The highest BCUT2D eigenvalue weighted by Gasteiger charge is 2.33. The first-order valence-corrected chi connectivity index (χ1v) is 9.09. The van der Waals surface area contributed by atoms with Gasteiger partial charge in [0, 0.05) is 12.6 Å². The van der Waals surface area contributed by atoms with Crippen LogP contribution in [0.3, 0.4) is 0 Å². The molecule has 0 saturated heterocycles. The average Bonchev–Trinajstić information content (AvgIpc) is 2.67. The lowest BCUT2D eigenvalue weighted by Gasteiger charge is -2.35. The van der Waals surface area contributed by atoms with Crippen LogP contribution < -0.4 is 15.4 Å². The Bertz CT molecular complexity index is 807. The van der Waals surface area contributed by atoms with Gasteiger partial charge in [-0.05, 0) is 31.5 Å². The van der Waals surface area contributed by atoms with E-state index in [0.29, 0.717) is 18.0 Å². The van der Waals surface area contributed by atoms with E-state index in [1.54, 1.807) is 17.0 Å². The van der Waals surface area contributed by atoms with Crippen molar-refractivity contribution in [3.05, 3.63) is 60.2 Å². The van der Waals surface area contributed by atoms with E-state index in [4.69, 9.17) is 10.5 Å². The number of primary amides is 1. The van der Waals surface area contributed by atoms with E-state index in [9.17, 15) is 9.59 Å². The van der Waals surface area contributed by atoms with Crippen molar-refractivity contribution in [1.29, 1.82) is 0 Å². The highest BCUT2D eigenvalue weighted by atomic mass is 16.5. The molecule has 2 N–H and O–H groups in total. The second-order valence-corrected chi connectivity index (χ2v) is 6.97. The zero-order valence-electron chi connectivity index (χ0n) is 15.7. The lowest BCUT2D eigenvalue weighted by molar-refractivity contribution is -0.125. The summed E-state index contributed by atoms with van der Waals surface area (Å²) in [6.45, 7) is 5.18. The van der Waals surface area contributed by atoms with Crippen molar-refractivity contribution in [2.75, 3.05) is 18.0 Å². The van der Waals surface area contributed by atoms with E-state index in [-0.39, 0.29) is 25.0 Å². The average molecular weight is 367 g/mol. The predicted octanol–water partition coefficient (Wildman–Crippen LogP) is 2.18. The Morgan fingerprint density at radius 2 is 1.81 bits per heavy atom. The summed E-state index contributed by atoms with van der Waals surface area (Å²) in [7, 11) is 0. The second-order valence-electron chi connectivity index (χ2n) is 6.97. The van der Waals surface area contributed by atoms with Crippen LogP contribution in [0.5, 0.6) is 5.75 Å². The molecule has 2 aromatic rings. The molecule has 1 atom stereocenters. The normalized spacial score (nSPS) is 16.1. The molecule has 27 heavy (non-hydrogen) atoms. The maximum absolute atomic E-state index is 13.1. The number of hydrogen-bond donors (Lipinski definition) is 1. The molecule has 142 valence electrons. The van der Waals surface area contributed by atoms with Crippen molar-refractivity contribution in [2.24, 2.45) is 5.73 Å². The molecule has 0 aliphatic carbocycles. The van der Waals surface area contributed by atoms with Crippen molar-refractivity contribution in [2.45, 2.75) is 32.5 Å². The third-order valence-electron chi connectivity index (χ3n) is 4.69. The van der Waals surface area contributed by atoms with Crippen LogP contribution in [-0.4, -0.2) is 41.9 Å². The number of nitrogens with two attached hydrogens (primary N) is 1. The molecule has 3 rings (SSSR count). The fourth-order valence-corrected chi connectivity index (χ4v) is 3.12. The number of ether oxygens (including phenoxy) is 1. The largest absolute Gasteiger partial charge is 0.477 e. The molecule has 0 spiro atoms. The zero-order valence-corrected chi connectivity index (χ0v) is 15.7. The van der Waals surface area contributed by atoms with Crippen LogP contribution in [0.25, 0.3) is 0 Å². The number of benzene rings is 2. The summed E-state index contributed by atoms with van der Waals surface area (Å²) < 4.78 is 5.64. The fourth-order valence-electron chi connectivity index (χ4n) is 3.12. The van der Waals surface area contributed by atoms with Crippen LogP contribution in [0, 0.1) is 0 Å². The van der Waals surface area contributed by atoms with Gasteiger partial charge in [-0.15, -0.1) is 0 Å². The predicted molar refractivity (Wildman–Crippen MR) is 104 cm³/mol. The Balaban J connectivity index is 1.79. The molecule has 0 fully saturated rings. The van der Waals surface area contributed by atoms with E-state index >= 15 is 0 Å². The van der Waals surface area contributed by atoms with Crippen LogP contribution in [-0.2, 0) is 16.1 Å². The molecule has 0 radical (unpaired) electrons. The van der Waals surface area contributed by atoms with E-state index in [1.807, 2.05) is 42.5 Å². The van der Waals surface area contributed by atoms with Gasteiger partial charge >= 0.3 is 0 Å². The Morgan fingerprint density at radius 3 is 2.48 bits per heavy atom. The molecule has 0 saturated carbocycles. The van der Waals surface area contributed by atoms with Gasteiger partial charge in [0.15, 0.2) is 6.10 Å². The first-order chi connectivity index (χ1) is 13.0. The lowest BCUT2D eigenvalue weighted by atomic mass is 10.1. The molecule has 2 aromatic carbocycles. The molecule has 0 bridgehead atoms. The van der Waals surface area contributed by atoms with Crippen LogP contribution >= 0.6 is 0 Å². The number of rotatable bonds is 6. The van der Waals surface area contributed by atoms with Crippen LogP contribution in [0.1, 0.15) is 19.4 Å². The van der Waals surface area contributed by atoms with E-state index in [0.717, 1.165) is 5.56 Å². The Morgan fingerprint density at radius 1 is 1.15 bits per heavy atom. The highest BCUT2D eigenvalue weighted by molar-refractivity contribution is 5.98. The van der Waals surface area contributed by atoms with Gasteiger partial charge in [0.1, 0.15) is 5.75 Å². The summed E-state index contributed by atoms with van der Waals surface area (Å²) in [6.07, 6.45) is -0.842. The third-order valence-corrected chi connectivity index (χ3v) is 4.69. The van der Waals surface area contributed by atoms with Gasteiger partial charge in [0.05, 0.1) is 18.8 Å². The van der Waals surface area contributed by atoms with Crippen molar-refractivity contribution < 1.29 is 14.3 Å². The first-order valence-electron chi connectivity index (χ1n) is 9.09. The topological polar surface area (TPSA) is 75.9 Å². The molecule has 2 amide bonds. The Hall–Kier alpha value is -2.86. The lowest BCUT2D eigenvalue weighted by Crippen LogP contribution is -2.52. The minimum absolute atomic E-state index is 0.0818. The quantitative estimate of drug-likeness (QED) is 0.849. The highest BCUT2D eigenvalue weighted by Crippen LogP contribution is 2.33. The number of para-hydroxylation sites is 2. The number of hydrogen-bond acceptors (Lipinski definition) is 4. The van der Waals surface area contributed by atoms with Crippen molar-refractivity contribution in [3.63, 3.8) is 0 Å². The summed E-state index contributed by atoms with van der Waals surface area (Å²) >= 11 is 0. The molecule has 1 unspecified atom stereocenters. The summed E-state index contributed by atoms with van der Waals surface area (Å²) in [4.78, 5) is 28.5. The second kappa shape index (κ2) is 8.22. The van der Waals surface area contributed by atoms with Gasteiger partial charge < -0.3 is 15.4 Å². The smallest absolute Gasteiger partial charge is 0.260 e. The Kier molecular flexibility index (Phi) is 5.76. The van der Waals surface area contributed by atoms with Crippen molar-refractivity contribution in [3.8, 4) is 5.75 Å². The zero-order chi connectivity index (χ0) is 19.4. The minimum Gasteiger partial charge on any atom is -0.477 e. The molecule has 6 heteroatoms. The summed E-state index contributed by atoms with van der Waals surface area (Å²) in [5.41, 5.74) is 7.25. The Labute approximate surface area is 159 Å². The standard InChI is InChI=1S/C21H25N3O3/c1-15(2)23(12-16-8-4-3-5-9-16)14-20(25)24-13-19(21(22)26)27-18-11-7-6-10-17(18)24/h3-11,15,19H,12-14H2,1-2H3,(H2,22,26). The summed E-state index contributed by atoms with van der Waals surface area (Å²) in [5.74, 6) is -0.158. The van der Waals surface area contributed by atoms with Crippen molar-refractivity contribution in [1.82, 2.24) is 4.90 Å². The summed E-state index contributed by atoms with van der Waals surface area (Å²) in [6, 6.07) is 17.5. The number of carbonyl (C=O) groups excluding carboxylic acids is 2. The maximum atomic E-state index is 13.1. The summed E-state index contributed by atoms with van der Waals surface area (Å²) in [5, 5.41) is 0. The molecule has 1 heterocycles. The number of amides is 2. The monoisotopic (exact) mass is 367 g/mol. The molecule has 0 aromatic heterocycles. The molecule has 1 aliphatic heterocycles. The van der Waals surface area contributed by atoms with Crippen LogP contribution in [0.2, 0.25) is 0 Å². The number of nitrogens with zero attached hydrogens (tertiary/aromatic N) is 2. The molecular weight excluding hydrogens is 342 g/mol. The number of carbonyl (C=O) groups is 2. The van der Waals surface area contributed by atoms with Gasteiger partial charge in [-0.2, -0.15) is 0 Å². The van der Waals surface area contributed by atoms with Gasteiger partial charge in [0.25, 0.3) is 5.91 Å². The van der Waals surface area contributed by atoms with Gasteiger partial charge in [-0.1, -0.05) is 42.5 Å². The molecule has 1 aliphatic rings. The van der Waals surface area contributed by atoms with Gasteiger partial charge in [0.2, 0.25) is 5.91 Å². The van der Waals surface area contributed by atoms with E-state index in [1.165, 1.54) is 0 Å². The van der Waals surface area contributed by atoms with Crippen molar-refractivity contribution >= 4 is 17.5 Å². The van der Waals surface area contributed by atoms with Gasteiger partial charge in [-0.3, -0.25) is 14.5 Å². The third kappa shape index (κ3) is 4.46. The van der Waals surface area contributed by atoms with Gasteiger partial charge in [-0.25, -0.2) is 0 Å². The minimum atomic E-state index is -0.842. The molecular formula is C21H25N3O3. The SMILES string of the molecule is CC(C)N(CC(=O)N1CC(C(N)=O)Oc2ccccc21)Cc1ccccc1. The maximum Gasteiger partial charge on any atom is 0.260 e. The number of fused-ring (bicyclic) bond motifs is 1. The van der Waals surface area contributed by atoms with Crippen LogP contribution in [0.15, 0.2) is 54.6 Å².